The van der Waals surface area contributed by atoms with Crippen molar-refractivity contribution in [1.29, 1.82) is 0 Å². The van der Waals surface area contributed by atoms with Gasteiger partial charge in [0.15, 0.2) is 0 Å². The topological polar surface area (TPSA) is 63.6 Å². The van der Waals surface area contributed by atoms with E-state index in [1.165, 1.54) is 0 Å². The molecule has 0 fully saturated rings. The number of esters is 1. The van der Waals surface area contributed by atoms with Crippen molar-refractivity contribution < 1.29 is 19.4 Å². The predicted octanol–water partition coefficient (Wildman–Crippen LogP) is 3.77. The lowest BCUT2D eigenvalue weighted by Gasteiger charge is -2.15. The molecule has 0 spiro atoms. The van der Waals surface area contributed by atoms with Gasteiger partial charge in [0.05, 0.1) is 0 Å². The van der Waals surface area contributed by atoms with Crippen molar-refractivity contribution >= 4 is 18.0 Å². The molecule has 1 aromatic rings. The molecule has 0 heterocycles. The van der Waals surface area contributed by atoms with E-state index in [0.717, 1.165) is 5.56 Å². The van der Waals surface area contributed by atoms with Crippen molar-refractivity contribution in [2.75, 3.05) is 6.61 Å². The zero-order valence-electron chi connectivity index (χ0n) is 13.2. The lowest BCUT2D eigenvalue weighted by molar-refractivity contribution is -0.144. The number of carbonyl (C=O) groups excluding carboxylic acids is 1. The molecule has 1 N–H and O–H groups in total. The molecule has 0 aromatic heterocycles. The van der Waals surface area contributed by atoms with Crippen LogP contribution in [0.15, 0.2) is 36.4 Å². The van der Waals surface area contributed by atoms with Gasteiger partial charge in [-0.1, -0.05) is 50.3 Å². The minimum Gasteiger partial charge on any atom is -0.481 e. The van der Waals surface area contributed by atoms with Crippen molar-refractivity contribution in [3.63, 3.8) is 0 Å². The summed E-state index contributed by atoms with van der Waals surface area (Å²) in [5, 5.41) is 8.89. The van der Waals surface area contributed by atoms with Gasteiger partial charge in [0, 0.05) is 12.8 Å². The van der Waals surface area contributed by atoms with Crippen LogP contribution in [0, 0.1) is 11.8 Å². The van der Waals surface area contributed by atoms with Gasteiger partial charge in [-0.3, -0.25) is 9.59 Å². The average molecular weight is 304 g/mol. The summed E-state index contributed by atoms with van der Waals surface area (Å²) in [6.45, 7) is 4.24. The van der Waals surface area contributed by atoms with Crippen LogP contribution >= 0.6 is 0 Å². The summed E-state index contributed by atoms with van der Waals surface area (Å²) < 4.78 is 5.14. The smallest absolute Gasteiger partial charge is 0.306 e. The highest BCUT2D eigenvalue weighted by Gasteiger charge is 2.19. The second kappa shape index (κ2) is 9.77. The molecule has 0 aliphatic carbocycles. The van der Waals surface area contributed by atoms with Crippen molar-refractivity contribution in [3.05, 3.63) is 42.0 Å². The Morgan fingerprint density at radius 1 is 1.18 bits per heavy atom. The second-order valence-electron chi connectivity index (χ2n) is 5.79. The Labute approximate surface area is 131 Å². The van der Waals surface area contributed by atoms with Crippen LogP contribution in [0.2, 0.25) is 0 Å². The molecule has 0 aliphatic rings. The molecule has 0 saturated heterocycles. The summed E-state index contributed by atoms with van der Waals surface area (Å²) in [4.78, 5) is 22.6. The number of hydrogen-bond acceptors (Lipinski definition) is 3. The zero-order chi connectivity index (χ0) is 16.4. The Morgan fingerprint density at radius 2 is 1.86 bits per heavy atom. The van der Waals surface area contributed by atoms with E-state index in [1.807, 2.05) is 50.3 Å². The van der Waals surface area contributed by atoms with E-state index in [2.05, 4.69) is 0 Å². The van der Waals surface area contributed by atoms with E-state index in [1.54, 1.807) is 6.08 Å². The van der Waals surface area contributed by atoms with Crippen LogP contribution in [0.25, 0.3) is 6.08 Å². The molecular weight excluding hydrogens is 280 g/mol. The van der Waals surface area contributed by atoms with Gasteiger partial charge in [0.25, 0.3) is 0 Å². The summed E-state index contributed by atoms with van der Waals surface area (Å²) >= 11 is 0. The maximum Gasteiger partial charge on any atom is 0.306 e. The standard InChI is InChI=1S/C18H24O4/c1-14(2)11-16(12-17(19)20)13-18(21)22-10-6-9-15-7-4-3-5-8-15/h3-9,14,16H,10-13H2,1-2H3,(H,19,20)/b9-6+/t16-/m0/s1. The summed E-state index contributed by atoms with van der Waals surface area (Å²) in [5.74, 6) is -1.02. The van der Waals surface area contributed by atoms with E-state index in [-0.39, 0.29) is 31.3 Å². The highest BCUT2D eigenvalue weighted by molar-refractivity contribution is 5.72. The van der Waals surface area contributed by atoms with Crippen molar-refractivity contribution in [2.24, 2.45) is 11.8 Å². The first kappa shape index (κ1) is 18.0. The molecular formula is C18H24O4. The van der Waals surface area contributed by atoms with Gasteiger partial charge >= 0.3 is 11.9 Å². The van der Waals surface area contributed by atoms with E-state index in [9.17, 15) is 9.59 Å². The lowest BCUT2D eigenvalue weighted by Crippen LogP contribution is -2.16. The quantitative estimate of drug-likeness (QED) is 0.705. The molecule has 0 amide bonds. The molecule has 0 saturated carbocycles. The number of rotatable bonds is 9. The Hall–Kier alpha value is -2.10. The summed E-state index contributed by atoms with van der Waals surface area (Å²) in [7, 11) is 0. The Bertz CT molecular complexity index is 491. The second-order valence-corrected chi connectivity index (χ2v) is 5.79. The van der Waals surface area contributed by atoms with E-state index in [0.29, 0.717) is 12.3 Å². The maximum atomic E-state index is 11.8. The minimum atomic E-state index is -0.873. The Morgan fingerprint density at radius 3 is 2.45 bits per heavy atom. The molecule has 120 valence electrons. The molecule has 0 aliphatic heterocycles. The van der Waals surface area contributed by atoms with Crippen molar-refractivity contribution in [3.8, 4) is 0 Å². The van der Waals surface area contributed by atoms with E-state index >= 15 is 0 Å². The van der Waals surface area contributed by atoms with Crippen molar-refractivity contribution in [1.82, 2.24) is 0 Å². The van der Waals surface area contributed by atoms with Gasteiger partial charge in [-0.05, 0) is 29.9 Å². The first-order chi connectivity index (χ1) is 10.5. The molecule has 0 radical (unpaired) electrons. The van der Waals surface area contributed by atoms with Gasteiger partial charge in [-0.25, -0.2) is 0 Å². The largest absolute Gasteiger partial charge is 0.481 e. The van der Waals surface area contributed by atoms with Gasteiger partial charge in [0.1, 0.15) is 6.61 Å². The van der Waals surface area contributed by atoms with Gasteiger partial charge in [-0.2, -0.15) is 0 Å². The average Bonchev–Trinajstić information content (AvgIpc) is 2.43. The summed E-state index contributed by atoms with van der Waals surface area (Å²) in [5.41, 5.74) is 1.04. The number of carboxylic acids is 1. The van der Waals surface area contributed by atoms with Crippen LogP contribution in [-0.2, 0) is 14.3 Å². The van der Waals surface area contributed by atoms with Gasteiger partial charge in [-0.15, -0.1) is 0 Å². The van der Waals surface area contributed by atoms with Gasteiger partial charge in [0.2, 0.25) is 0 Å². The van der Waals surface area contributed by atoms with Crippen LogP contribution in [0.5, 0.6) is 0 Å². The Kier molecular flexibility index (Phi) is 7.97. The first-order valence-corrected chi connectivity index (χ1v) is 7.56. The molecule has 1 rings (SSSR count). The van der Waals surface area contributed by atoms with Crippen molar-refractivity contribution in [2.45, 2.75) is 33.1 Å². The van der Waals surface area contributed by atoms with E-state index < -0.39 is 5.97 Å². The fraction of sp³-hybridized carbons (Fsp3) is 0.444. The lowest BCUT2D eigenvalue weighted by atomic mass is 9.91. The van der Waals surface area contributed by atoms with Gasteiger partial charge < -0.3 is 9.84 Å². The highest BCUT2D eigenvalue weighted by atomic mass is 16.5. The number of hydrogen-bond donors (Lipinski definition) is 1. The van der Waals surface area contributed by atoms with Crippen LogP contribution in [0.3, 0.4) is 0 Å². The van der Waals surface area contributed by atoms with Crippen LogP contribution in [0.1, 0.15) is 38.7 Å². The zero-order valence-corrected chi connectivity index (χ0v) is 13.2. The molecule has 0 bridgehead atoms. The van der Waals surface area contributed by atoms with Crippen LogP contribution in [-0.4, -0.2) is 23.7 Å². The normalized spacial score (nSPS) is 12.5. The number of carbonyl (C=O) groups is 2. The first-order valence-electron chi connectivity index (χ1n) is 7.56. The van der Waals surface area contributed by atoms with Crippen LogP contribution in [0.4, 0.5) is 0 Å². The Balaban J connectivity index is 2.36. The fourth-order valence-electron chi connectivity index (χ4n) is 2.34. The fourth-order valence-corrected chi connectivity index (χ4v) is 2.34. The molecule has 4 heteroatoms. The SMILES string of the molecule is CC(C)C[C@@H](CC(=O)O)CC(=O)OC/C=C/c1ccccc1. The van der Waals surface area contributed by atoms with E-state index in [4.69, 9.17) is 9.84 Å². The number of ether oxygens (including phenoxy) is 1. The molecule has 1 atom stereocenters. The highest BCUT2D eigenvalue weighted by Crippen LogP contribution is 2.19. The predicted molar refractivity (Wildman–Crippen MR) is 86.2 cm³/mol. The summed E-state index contributed by atoms with van der Waals surface area (Å²) in [6, 6.07) is 9.74. The number of benzene rings is 1. The maximum absolute atomic E-state index is 11.8. The molecule has 22 heavy (non-hydrogen) atoms. The third kappa shape index (κ3) is 8.25. The van der Waals surface area contributed by atoms with Crippen LogP contribution < -0.4 is 0 Å². The number of aliphatic carboxylic acids is 1. The molecule has 1 aromatic carbocycles. The third-order valence-corrected chi connectivity index (χ3v) is 3.17. The third-order valence-electron chi connectivity index (χ3n) is 3.17. The minimum absolute atomic E-state index is 0.00708. The number of carboxylic acid groups (broad SMARTS) is 1. The molecule has 4 nitrogen and oxygen atoms in total. The monoisotopic (exact) mass is 304 g/mol. The molecule has 0 unspecified atom stereocenters. The summed E-state index contributed by atoms with van der Waals surface area (Å²) in [6.07, 6.45) is 4.54.